The van der Waals surface area contributed by atoms with Gasteiger partial charge in [-0.25, -0.2) is 0 Å². The Kier molecular flexibility index (Phi) is 3.55. The van der Waals surface area contributed by atoms with Crippen LogP contribution >= 0.6 is 0 Å². The molecule has 0 aliphatic carbocycles. The zero-order valence-corrected chi connectivity index (χ0v) is 11.1. The molecule has 0 amide bonds. The van der Waals surface area contributed by atoms with E-state index in [4.69, 9.17) is 4.52 Å². The van der Waals surface area contributed by atoms with Gasteiger partial charge in [-0.05, 0) is 38.6 Å². The Morgan fingerprint density at radius 1 is 1.21 bits per heavy atom. The lowest BCUT2D eigenvalue weighted by molar-refractivity contribution is 0.198. The molecule has 1 fully saturated rings. The Hall–Kier alpha value is -1.75. The zero-order valence-electron chi connectivity index (χ0n) is 11.1. The Bertz CT molecular complexity index is 525. The quantitative estimate of drug-likeness (QED) is 0.829. The highest BCUT2D eigenvalue weighted by Crippen LogP contribution is 2.28. The van der Waals surface area contributed by atoms with Crippen molar-refractivity contribution >= 4 is 0 Å². The van der Waals surface area contributed by atoms with Crippen molar-refractivity contribution in [1.29, 1.82) is 0 Å². The Labute approximate surface area is 112 Å². The molecule has 2 aromatic heterocycles. The molecule has 1 aliphatic heterocycles. The van der Waals surface area contributed by atoms with Gasteiger partial charge in [-0.3, -0.25) is 9.88 Å². The summed E-state index contributed by atoms with van der Waals surface area (Å²) >= 11 is 0. The summed E-state index contributed by atoms with van der Waals surface area (Å²) in [7, 11) is 2.13. The molecule has 100 valence electrons. The van der Waals surface area contributed by atoms with Crippen LogP contribution in [-0.4, -0.2) is 33.6 Å². The molecule has 5 heteroatoms. The summed E-state index contributed by atoms with van der Waals surface area (Å²) in [6.45, 7) is 1.09. The standard InChI is InChI=1S/C14H18N4O/c1-18-10-4-2-3-5-12(18)14-16-13(17-19-14)11-6-8-15-9-7-11/h6-9,12H,2-5,10H2,1H3/t12-/m1/s1. The van der Waals surface area contributed by atoms with Gasteiger partial charge in [0.05, 0.1) is 6.04 Å². The molecule has 0 N–H and O–H groups in total. The number of hydrogen-bond donors (Lipinski definition) is 0. The van der Waals surface area contributed by atoms with E-state index in [1.807, 2.05) is 12.1 Å². The number of rotatable bonds is 2. The lowest BCUT2D eigenvalue weighted by atomic mass is 10.1. The second-order valence-corrected chi connectivity index (χ2v) is 5.04. The first-order valence-electron chi connectivity index (χ1n) is 6.79. The molecule has 0 spiro atoms. The highest BCUT2D eigenvalue weighted by Gasteiger charge is 2.25. The van der Waals surface area contributed by atoms with E-state index in [0.29, 0.717) is 5.82 Å². The van der Waals surface area contributed by atoms with Gasteiger partial charge in [-0.15, -0.1) is 0 Å². The maximum atomic E-state index is 5.46. The van der Waals surface area contributed by atoms with Gasteiger partial charge in [0.25, 0.3) is 0 Å². The van der Waals surface area contributed by atoms with Crippen LogP contribution < -0.4 is 0 Å². The fourth-order valence-corrected chi connectivity index (χ4v) is 2.55. The van der Waals surface area contributed by atoms with E-state index in [9.17, 15) is 0 Å². The van der Waals surface area contributed by atoms with Crippen molar-refractivity contribution < 1.29 is 4.52 Å². The van der Waals surface area contributed by atoms with Crippen LogP contribution in [0, 0.1) is 0 Å². The summed E-state index contributed by atoms with van der Waals surface area (Å²) in [4.78, 5) is 10.9. The molecule has 0 unspecified atom stereocenters. The van der Waals surface area contributed by atoms with E-state index < -0.39 is 0 Å². The molecule has 0 bridgehead atoms. The van der Waals surface area contributed by atoms with Crippen molar-refractivity contribution in [2.75, 3.05) is 13.6 Å². The average Bonchev–Trinajstić information content (AvgIpc) is 2.83. The van der Waals surface area contributed by atoms with Crippen molar-refractivity contribution in [3.8, 4) is 11.4 Å². The van der Waals surface area contributed by atoms with Gasteiger partial charge in [0.15, 0.2) is 0 Å². The Morgan fingerprint density at radius 3 is 2.89 bits per heavy atom. The molecule has 0 radical (unpaired) electrons. The number of aromatic nitrogens is 3. The number of nitrogens with zero attached hydrogens (tertiary/aromatic N) is 4. The smallest absolute Gasteiger partial charge is 0.244 e. The maximum absolute atomic E-state index is 5.46. The first-order valence-corrected chi connectivity index (χ1v) is 6.79. The maximum Gasteiger partial charge on any atom is 0.244 e. The van der Waals surface area contributed by atoms with E-state index in [0.717, 1.165) is 24.4 Å². The molecular formula is C14H18N4O. The van der Waals surface area contributed by atoms with E-state index in [1.54, 1.807) is 12.4 Å². The van der Waals surface area contributed by atoms with Crippen molar-refractivity contribution in [1.82, 2.24) is 20.0 Å². The van der Waals surface area contributed by atoms with Crippen LogP contribution in [0.1, 0.15) is 37.6 Å². The molecule has 1 aliphatic rings. The van der Waals surface area contributed by atoms with E-state index in [2.05, 4.69) is 27.1 Å². The minimum Gasteiger partial charge on any atom is -0.337 e. The molecule has 3 rings (SSSR count). The summed E-state index contributed by atoms with van der Waals surface area (Å²) in [5.41, 5.74) is 0.946. The summed E-state index contributed by atoms with van der Waals surface area (Å²) in [5.74, 6) is 1.38. The van der Waals surface area contributed by atoms with Gasteiger partial charge >= 0.3 is 0 Å². The van der Waals surface area contributed by atoms with Crippen LogP contribution in [0.4, 0.5) is 0 Å². The summed E-state index contributed by atoms with van der Waals surface area (Å²) < 4.78 is 5.46. The minimum absolute atomic E-state index is 0.255. The predicted octanol–water partition coefficient (Wildman–Crippen LogP) is 2.68. The normalized spacial score (nSPS) is 21.2. The third-order valence-corrected chi connectivity index (χ3v) is 3.69. The average molecular weight is 258 g/mol. The fourth-order valence-electron chi connectivity index (χ4n) is 2.55. The highest BCUT2D eigenvalue weighted by molar-refractivity contribution is 5.52. The predicted molar refractivity (Wildman–Crippen MR) is 71.4 cm³/mol. The lowest BCUT2D eigenvalue weighted by Gasteiger charge is -2.21. The molecule has 1 atom stereocenters. The third-order valence-electron chi connectivity index (χ3n) is 3.69. The third kappa shape index (κ3) is 2.66. The first-order chi connectivity index (χ1) is 9.34. The molecule has 3 heterocycles. The van der Waals surface area contributed by atoms with Gasteiger partial charge in [-0.1, -0.05) is 18.0 Å². The first kappa shape index (κ1) is 12.3. The molecule has 5 nitrogen and oxygen atoms in total. The van der Waals surface area contributed by atoms with Gasteiger partial charge in [-0.2, -0.15) is 4.98 Å². The SMILES string of the molecule is CN1CCCCC[C@@H]1c1nc(-c2ccncc2)no1. The molecule has 0 saturated carbocycles. The van der Waals surface area contributed by atoms with Gasteiger partial charge in [0.1, 0.15) is 0 Å². The van der Waals surface area contributed by atoms with Crippen molar-refractivity contribution in [2.45, 2.75) is 31.7 Å². The topological polar surface area (TPSA) is 55.1 Å². The highest BCUT2D eigenvalue weighted by atomic mass is 16.5. The van der Waals surface area contributed by atoms with Crippen molar-refractivity contribution in [2.24, 2.45) is 0 Å². The van der Waals surface area contributed by atoms with E-state index >= 15 is 0 Å². The van der Waals surface area contributed by atoms with Crippen LogP contribution in [0.15, 0.2) is 29.0 Å². The van der Waals surface area contributed by atoms with Crippen molar-refractivity contribution in [3.63, 3.8) is 0 Å². The molecule has 1 saturated heterocycles. The largest absolute Gasteiger partial charge is 0.337 e. The summed E-state index contributed by atoms with van der Waals surface area (Å²) in [6, 6.07) is 4.04. The second-order valence-electron chi connectivity index (χ2n) is 5.04. The second kappa shape index (κ2) is 5.48. The zero-order chi connectivity index (χ0) is 13.1. The van der Waals surface area contributed by atoms with Crippen LogP contribution in [0.3, 0.4) is 0 Å². The van der Waals surface area contributed by atoms with Gasteiger partial charge in [0, 0.05) is 18.0 Å². The van der Waals surface area contributed by atoms with Crippen LogP contribution in [0.25, 0.3) is 11.4 Å². The van der Waals surface area contributed by atoms with Crippen LogP contribution in [0.2, 0.25) is 0 Å². The molecular weight excluding hydrogens is 240 g/mol. The van der Waals surface area contributed by atoms with Gasteiger partial charge in [0.2, 0.25) is 11.7 Å². The summed E-state index contributed by atoms with van der Waals surface area (Å²) in [6.07, 6.45) is 8.33. The lowest BCUT2D eigenvalue weighted by Crippen LogP contribution is -2.24. The number of pyridine rings is 1. The molecule has 0 aromatic carbocycles. The Morgan fingerprint density at radius 2 is 2.05 bits per heavy atom. The van der Waals surface area contributed by atoms with E-state index in [-0.39, 0.29) is 6.04 Å². The van der Waals surface area contributed by atoms with Crippen LogP contribution in [0.5, 0.6) is 0 Å². The molecule has 2 aromatic rings. The number of likely N-dealkylation sites (tertiary alicyclic amines) is 1. The summed E-state index contributed by atoms with van der Waals surface area (Å²) in [5, 5.41) is 4.09. The van der Waals surface area contributed by atoms with Crippen LogP contribution in [-0.2, 0) is 0 Å². The Balaban J connectivity index is 1.84. The van der Waals surface area contributed by atoms with E-state index in [1.165, 1.54) is 19.3 Å². The monoisotopic (exact) mass is 258 g/mol. The number of hydrogen-bond acceptors (Lipinski definition) is 5. The van der Waals surface area contributed by atoms with Gasteiger partial charge < -0.3 is 4.52 Å². The minimum atomic E-state index is 0.255. The fraction of sp³-hybridized carbons (Fsp3) is 0.500. The van der Waals surface area contributed by atoms with Crippen molar-refractivity contribution in [3.05, 3.63) is 30.4 Å². The molecule has 19 heavy (non-hydrogen) atoms.